The summed E-state index contributed by atoms with van der Waals surface area (Å²) in [5.74, 6) is 0.911. The van der Waals surface area contributed by atoms with Crippen LogP contribution in [0.25, 0.3) is 11.0 Å². The summed E-state index contributed by atoms with van der Waals surface area (Å²) in [6.45, 7) is 10.1. The van der Waals surface area contributed by atoms with E-state index in [1.54, 1.807) is 0 Å². The minimum absolute atomic E-state index is 0.0741. The third kappa shape index (κ3) is 4.49. The molecule has 1 N–H and O–H groups in total. The Kier molecular flexibility index (Phi) is 6.47. The third-order valence-electron chi connectivity index (χ3n) is 6.29. The first kappa shape index (κ1) is 22.3. The normalized spacial score (nSPS) is 11.2. The summed E-state index contributed by atoms with van der Waals surface area (Å²) in [7, 11) is 0. The fourth-order valence-corrected chi connectivity index (χ4v) is 4.61. The zero-order chi connectivity index (χ0) is 22.8. The Morgan fingerprint density at radius 3 is 2.41 bits per heavy atom. The molecule has 0 aliphatic rings. The van der Waals surface area contributed by atoms with Gasteiger partial charge in [0.15, 0.2) is 0 Å². The highest BCUT2D eigenvalue weighted by atomic mass is 79.9. The molecule has 0 bridgehead atoms. The Morgan fingerprint density at radius 1 is 0.969 bits per heavy atom. The molecule has 0 saturated heterocycles. The number of fused-ring (bicyclic) bond motifs is 1. The number of hydrogen-bond acceptors (Lipinski definition) is 2. The number of imidazole rings is 1. The van der Waals surface area contributed by atoms with E-state index in [0.717, 1.165) is 27.9 Å². The molecule has 4 nitrogen and oxygen atoms in total. The maximum Gasteiger partial charge on any atom is 0.251 e. The lowest BCUT2D eigenvalue weighted by Crippen LogP contribution is -2.26. The van der Waals surface area contributed by atoms with Crippen LogP contribution in [0, 0.1) is 27.7 Å². The summed E-state index contributed by atoms with van der Waals surface area (Å²) in [5, 5.41) is 3.04. The van der Waals surface area contributed by atoms with Gasteiger partial charge in [-0.2, -0.15) is 0 Å². The number of hydrogen-bond donors (Lipinski definition) is 1. The first-order valence-corrected chi connectivity index (χ1v) is 11.7. The molecular weight excluding hydrogens is 462 g/mol. The van der Waals surface area contributed by atoms with E-state index < -0.39 is 0 Å². The Balaban J connectivity index is 1.61. The van der Waals surface area contributed by atoms with Crippen molar-refractivity contribution in [3.8, 4) is 0 Å². The molecule has 3 aromatic carbocycles. The van der Waals surface area contributed by atoms with E-state index in [4.69, 9.17) is 4.98 Å². The van der Waals surface area contributed by atoms with Crippen LogP contribution in [0.1, 0.15) is 44.0 Å². The van der Waals surface area contributed by atoms with Gasteiger partial charge in [-0.15, -0.1) is 0 Å². The number of halogens is 1. The lowest BCUT2D eigenvalue weighted by molar-refractivity contribution is 0.0954. The molecule has 0 spiro atoms. The van der Waals surface area contributed by atoms with E-state index in [2.05, 4.69) is 77.8 Å². The number of amides is 1. The molecule has 4 aromatic rings. The molecule has 0 atom stereocenters. The van der Waals surface area contributed by atoms with Crippen molar-refractivity contribution in [2.75, 3.05) is 6.54 Å². The van der Waals surface area contributed by atoms with Gasteiger partial charge in [-0.25, -0.2) is 4.98 Å². The Morgan fingerprint density at radius 2 is 1.69 bits per heavy atom. The van der Waals surface area contributed by atoms with Crippen molar-refractivity contribution in [2.45, 2.75) is 40.7 Å². The van der Waals surface area contributed by atoms with Gasteiger partial charge in [-0.1, -0.05) is 40.2 Å². The molecule has 1 heterocycles. The molecule has 164 valence electrons. The van der Waals surface area contributed by atoms with E-state index in [-0.39, 0.29) is 5.91 Å². The first-order chi connectivity index (χ1) is 15.3. The molecule has 0 fully saturated rings. The van der Waals surface area contributed by atoms with Gasteiger partial charge in [0.25, 0.3) is 5.91 Å². The zero-order valence-corrected chi connectivity index (χ0v) is 20.6. The lowest BCUT2D eigenvalue weighted by atomic mass is 9.94. The monoisotopic (exact) mass is 489 g/mol. The molecule has 1 amide bonds. The van der Waals surface area contributed by atoms with Crippen molar-refractivity contribution < 1.29 is 4.79 Å². The van der Waals surface area contributed by atoms with E-state index in [0.29, 0.717) is 18.5 Å². The Bertz CT molecular complexity index is 1280. The second kappa shape index (κ2) is 9.29. The predicted octanol–water partition coefficient (Wildman–Crippen LogP) is 6.05. The van der Waals surface area contributed by atoms with Crippen molar-refractivity contribution in [2.24, 2.45) is 0 Å². The molecule has 0 radical (unpaired) electrons. The summed E-state index contributed by atoms with van der Waals surface area (Å²) < 4.78 is 3.19. The number of aryl methyl sites for hydroxylation is 2. The van der Waals surface area contributed by atoms with Gasteiger partial charge in [-0.05, 0) is 85.8 Å². The van der Waals surface area contributed by atoms with Gasteiger partial charge < -0.3 is 9.88 Å². The Hall–Kier alpha value is -2.92. The van der Waals surface area contributed by atoms with Crippen LogP contribution in [-0.2, 0) is 13.0 Å². The van der Waals surface area contributed by atoms with Crippen LogP contribution < -0.4 is 5.32 Å². The van der Waals surface area contributed by atoms with Crippen molar-refractivity contribution in [3.05, 3.63) is 98.3 Å². The maximum absolute atomic E-state index is 12.5. The van der Waals surface area contributed by atoms with E-state index in [1.165, 1.54) is 27.8 Å². The van der Waals surface area contributed by atoms with Crippen LogP contribution in [-0.4, -0.2) is 22.0 Å². The number of nitrogens with one attached hydrogen (secondary N) is 1. The Labute approximate surface area is 197 Å². The number of carbonyl (C=O) groups excluding carboxylic acids is 1. The van der Waals surface area contributed by atoms with E-state index in [1.807, 2.05) is 30.3 Å². The fourth-order valence-electron chi connectivity index (χ4n) is 4.21. The molecular formula is C27H28BrN3O. The lowest BCUT2D eigenvalue weighted by Gasteiger charge is -2.18. The van der Waals surface area contributed by atoms with Crippen molar-refractivity contribution in [1.82, 2.24) is 14.9 Å². The van der Waals surface area contributed by atoms with Gasteiger partial charge in [0.2, 0.25) is 0 Å². The molecule has 1 aromatic heterocycles. The molecule has 0 saturated carbocycles. The topological polar surface area (TPSA) is 46.9 Å². The summed E-state index contributed by atoms with van der Waals surface area (Å²) in [5.41, 5.74) is 9.41. The van der Waals surface area contributed by atoms with Crippen LogP contribution in [0.4, 0.5) is 0 Å². The summed E-state index contributed by atoms with van der Waals surface area (Å²) >= 11 is 3.42. The van der Waals surface area contributed by atoms with Crippen molar-refractivity contribution in [3.63, 3.8) is 0 Å². The van der Waals surface area contributed by atoms with Crippen molar-refractivity contribution >= 4 is 32.9 Å². The minimum Gasteiger partial charge on any atom is -0.352 e. The largest absolute Gasteiger partial charge is 0.352 e. The van der Waals surface area contributed by atoms with Crippen molar-refractivity contribution in [1.29, 1.82) is 0 Å². The van der Waals surface area contributed by atoms with Gasteiger partial charge >= 0.3 is 0 Å². The average Bonchev–Trinajstić information content (AvgIpc) is 3.12. The second-order valence-corrected chi connectivity index (χ2v) is 9.27. The van der Waals surface area contributed by atoms with Crippen LogP contribution in [0.15, 0.2) is 59.1 Å². The van der Waals surface area contributed by atoms with E-state index in [9.17, 15) is 4.79 Å². The van der Waals surface area contributed by atoms with Crippen LogP contribution in [0.2, 0.25) is 0 Å². The quantitative estimate of drug-likeness (QED) is 0.358. The molecule has 0 aliphatic heterocycles. The highest BCUT2D eigenvalue weighted by Gasteiger charge is 2.15. The van der Waals surface area contributed by atoms with Gasteiger partial charge in [0.1, 0.15) is 5.82 Å². The molecule has 5 heteroatoms. The SMILES string of the molecule is Cc1cc(C)c(C)c(Cn2c(CCNC(=O)c3cccc(Br)c3)nc3ccccc32)c1C. The number of benzene rings is 3. The third-order valence-corrected chi connectivity index (χ3v) is 6.79. The van der Waals surface area contributed by atoms with Crippen LogP contribution in [0.3, 0.4) is 0 Å². The van der Waals surface area contributed by atoms with Gasteiger partial charge in [0, 0.05) is 29.5 Å². The van der Waals surface area contributed by atoms with Crippen LogP contribution >= 0.6 is 15.9 Å². The fraction of sp³-hybridized carbons (Fsp3) is 0.259. The number of nitrogens with zero attached hydrogens (tertiary/aromatic N) is 2. The number of carbonyl (C=O) groups is 1. The number of aromatic nitrogens is 2. The predicted molar refractivity (Wildman–Crippen MR) is 134 cm³/mol. The second-order valence-electron chi connectivity index (χ2n) is 8.36. The first-order valence-electron chi connectivity index (χ1n) is 10.9. The average molecular weight is 490 g/mol. The van der Waals surface area contributed by atoms with Gasteiger partial charge in [-0.3, -0.25) is 4.79 Å². The number of rotatable bonds is 6. The summed E-state index contributed by atoms with van der Waals surface area (Å²) in [6, 6.07) is 17.9. The highest BCUT2D eigenvalue weighted by molar-refractivity contribution is 9.10. The molecule has 0 aliphatic carbocycles. The summed E-state index contributed by atoms with van der Waals surface area (Å²) in [6.07, 6.45) is 0.664. The van der Waals surface area contributed by atoms with Gasteiger partial charge in [0.05, 0.1) is 11.0 Å². The molecule has 0 unspecified atom stereocenters. The molecule has 4 rings (SSSR count). The molecule has 32 heavy (non-hydrogen) atoms. The highest BCUT2D eigenvalue weighted by Crippen LogP contribution is 2.25. The van der Waals surface area contributed by atoms with E-state index >= 15 is 0 Å². The minimum atomic E-state index is -0.0741. The summed E-state index contributed by atoms with van der Waals surface area (Å²) in [4.78, 5) is 17.4. The standard InChI is InChI=1S/C27H28BrN3O/c1-17-14-18(2)20(4)23(19(17)3)16-31-25-11-6-5-10-24(25)30-26(31)12-13-29-27(32)21-8-7-9-22(28)15-21/h5-11,14-15H,12-13,16H2,1-4H3,(H,29,32). The number of para-hydroxylation sites is 2. The smallest absolute Gasteiger partial charge is 0.251 e. The zero-order valence-electron chi connectivity index (χ0n) is 19.0. The maximum atomic E-state index is 12.5. The van der Waals surface area contributed by atoms with Crippen LogP contribution in [0.5, 0.6) is 0 Å².